The fourth-order valence-electron chi connectivity index (χ4n) is 2.04. The fraction of sp³-hybridized carbons (Fsp3) is 0.364. The molecular weight excluding hydrogens is 174 g/mol. The normalized spacial score (nSPS) is 15.4. The first-order valence-corrected chi connectivity index (χ1v) is 5.02. The van der Waals surface area contributed by atoms with Gasteiger partial charge in [-0.15, -0.1) is 0 Å². The van der Waals surface area contributed by atoms with Crippen molar-refractivity contribution in [2.24, 2.45) is 0 Å². The number of aromatic nitrogens is 3. The number of pyridine rings is 1. The zero-order valence-corrected chi connectivity index (χ0v) is 7.90. The van der Waals surface area contributed by atoms with Gasteiger partial charge >= 0.3 is 0 Å². The molecule has 3 nitrogen and oxygen atoms in total. The van der Waals surface area contributed by atoms with Gasteiger partial charge in [-0.3, -0.25) is 0 Å². The van der Waals surface area contributed by atoms with E-state index < -0.39 is 0 Å². The molecule has 3 rings (SSSR count). The van der Waals surface area contributed by atoms with Gasteiger partial charge in [0.05, 0.1) is 0 Å². The molecule has 0 unspecified atom stereocenters. The molecule has 2 aromatic rings. The molecule has 70 valence electrons. The van der Waals surface area contributed by atoms with Crippen molar-refractivity contribution in [3.05, 3.63) is 29.8 Å². The Morgan fingerprint density at radius 3 is 3.07 bits per heavy atom. The zero-order valence-electron chi connectivity index (χ0n) is 7.90. The molecule has 0 N–H and O–H groups in total. The lowest BCUT2D eigenvalue weighted by Gasteiger charge is -2.14. The highest BCUT2D eigenvalue weighted by Gasteiger charge is 2.11. The number of hydrogen-bond donors (Lipinski definition) is 0. The van der Waals surface area contributed by atoms with Crippen LogP contribution >= 0.6 is 0 Å². The molecule has 14 heavy (non-hydrogen) atoms. The summed E-state index contributed by atoms with van der Waals surface area (Å²) in [6, 6.07) is 2.19. The van der Waals surface area contributed by atoms with Crippen LogP contribution in [0.15, 0.2) is 18.6 Å². The monoisotopic (exact) mass is 185 g/mol. The summed E-state index contributed by atoms with van der Waals surface area (Å²) in [5, 5.41) is 1.06. The molecule has 0 bridgehead atoms. The van der Waals surface area contributed by atoms with Gasteiger partial charge in [0.25, 0.3) is 0 Å². The van der Waals surface area contributed by atoms with Gasteiger partial charge < -0.3 is 0 Å². The van der Waals surface area contributed by atoms with Crippen LogP contribution in [0.4, 0.5) is 0 Å². The van der Waals surface area contributed by atoms with E-state index in [4.69, 9.17) is 0 Å². The van der Waals surface area contributed by atoms with Crippen LogP contribution in [0.2, 0.25) is 0 Å². The Morgan fingerprint density at radius 2 is 2.07 bits per heavy atom. The van der Waals surface area contributed by atoms with Crippen LogP contribution in [0.1, 0.15) is 24.1 Å². The number of fused-ring (bicyclic) bond motifs is 2. The molecule has 0 saturated heterocycles. The van der Waals surface area contributed by atoms with Gasteiger partial charge in [0, 0.05) is 17.3 Å². The summed E-state index contributed by atoms with van der Waals surface area (Å²) in [6.07, 6.45) is 8.21. The first-order chi connectivity index (χ1) is 6.93. The molecule has 0 saturated carbocycles. The summed E-state index contributed by atoms with van der Waals surface area (Å²) in [5.74, 6) is 0. The summed E-state index contributed by atoms with van der Waals surface area (Å²) in [4.78, 5) is 12.7. The van der Waals surface area contributed by atoms with Crippen LogP contribution < -0.4 is 0 Å². The van der Waals surface area contributed by atoms with Gasteiger partial charge in [-0.25, -0.2) is 15.0 Å². The molecule has 1 aliphatic carbocycles. The molecule has 0 fully saturated rings. The van der Waals surface area contributed by atoms with E-state index in [1.807, 2.05) is 6.20 Å². The van der Waals surface area contributed by atoms with E-state index in [0.29, 0.717) is 0 Å². The van der Waals surface area contributed by atoms with Crippen LogP contribution in [-0.4, -0.2) is 15.0 Å². The molecule has 1 aliphatic rings. The minimum atomic E-state index is 0.834. The van der Waals surface area contributed by atoms with E-state index >= 15 is 0 Å². The predicted octanol–water partition coefficient (Wildman–Crippen LogP) is 1.90. The van der Waals surface area contributed by atoms with Crippen LogP contribution in [0.3, 0.4) is 0 Å². The Balaban J connectivity index is 2.27. The number of rotatable bonds is 0. The Bertz CT molecular complexity index is 434. The van der Waals surface area contributed by atoms with E-state index in [2.05, 4.69) is 21.0 Å². The van der Waals surface area contributed by atoms with Crippen molar-refractivity contribution in [2.45, 2.75) is 25.7 Å². The smallest absolute Gasteiger partial charge is 0.162 e. The van der Waals surface area contributed by atoms with Crippen molar-refractivity contribution in [2.75, 3.05) is 0 Å². The number of nitrogens with zero attached hydrogens (tertiary/aromatic N) is 3. The second-order valence-electron chi connectivity index (χ2n) is 3.74. The highest BCUT2D eigenvalue weighted by atomic mass is 14.9. The summed E-state index contributed by atoms with van der Waals surface area (Å²) >= 11 is 0. The molecule has 0 amide bonds. The second-order valence-corrected chi connectivity index (χ2v) is 3.74. The summed E-state index contributed by atoms with van der Waals surface area (Å²) in [5.41, 5.74) is 3.46. The van der Waals surface area contributed by atoms with Crippen LogP contribution in [-0.2, 0) is 12.8 Å². The van der Waals surface area contributed by atoms with E-state index in [1.165, 1.54) is 24.1 Å². The number of hydrogen-bond acceptors (Lipinski definition) is 3. The maximum absolute atomic E-state index is 4.56. The molecule has 2 aromatic heterocycles. The zero-order chi connectivity index (χ0) is 9.38. The van der Waals surface area contributed by atoms with Crippen molar-refractivity contribution in [1.29, 1.82) is 0 Å². The maximum Gasteiger partial charge on any atom is 0.162 e. The molecule has 0 spiro atoms. The van der Waals surface area contributed by atoms with Gasteiger partial charge in [-0.05, 0) is 37.3 Å². The third-order valence-corrected chi connectivity index (χ3v) is 2.77. The Kier molecular flexibility index (Phi) is 1.69. The highest BCUT2D eigenvalue weighted by molar-refractivity contribution is 5.74. The molecule has 0 radical (unpaired) electrons. The SMILES string of the molecule is c1ncc2cc3c(nc2n1)CCCC3. The lowest BCUT2D eigenvalue weighted by molar-refractivity contribution is 0.670. The molecular formula is C11H11N3. The molecule has 0 aliphatic heterocycles. The van der Waals surface area contributed by atoms with E-state index in [-0.39, 0.29) is 0 Å². The van der Waals surface area contributed by atoms with Crippen molar-refractivity contribution in [3.8, 4) is 0 Å². The quantitative estimate of drug-likeness (QED) is 0.629. The molecule has 2 heterocycles. The van der Waals surface area contributed by atoms with Crippen molar-refractivity contribution in [3.63, 3.8) is 0 Å². The summed E-state index contributed by atoms with van der Waals surface area (Å²) < 4.78 is 0. The van der Waals surface area contributed by atoms with Crippen molar-refractivity contribution >= 4 is 11.0 Å². The second kappa shape index (κ2) is 3.01. The van der Waals surface area contributed by atoms with E-state index in [0.717, 1.165) is 23.9 Å². The third-order valence-electron chi connectivity index (χ3n) is 2.77. The topological polar surface area (TPSA) is 38.7 Å². The first kappa shape index (κ1) is 7.85. The Labute approximate surface area is 82.2 Å². The van der Waals surface area contributed by atoms with Gasteiger partial charge in [0.2, 0.25) is 0 Å². The fourth-order valence-corrected chi connectivity index (χ4v) is 2.04. The van der Waals surface area contributed by atoms with Gasteiger partial charge in [0.1, 0.15) is 6.33 Å². The summed E-state index contributed by atoms with van der Waals surface area (Å²) in [6.45, 7) is 0. The van der Waals surface area contributed by atoms with Crippen LogP contribution in [0.5, 0.6) is 0 Å². The minimum absolute atomic E-state index is 0.834. The molecule has 0 aromatic carbocycles. The Hall–Kier alpha value is -1.51. The van der Waals surface area contributed by atoms with Gasteiger partial charge in [-0.1, -0.05) is 0 Å². The minimum Gasteiger partial charge on any atom is -0.244 e. The lowest BCUT2D eigenvalue weighted by atomic mass is 9.95. The lowest BCUT2D eigenvalue weighted by Crippen LogP contribution is -2.05. The first-order valence-electron chi connectivity index (χ1n) is 5.02. The molecule has 0 atom stereocenters. The third kappa shape index (κ3) is 1.16. The standard InChI is InChI=1S/C11H11N3/c1-2-4-10-8(3-1)5-9-6-12-7-13-11(9)14-10/h5-7H,1-4H2. The van der Waals surface area contributed by atoms with Crippen LogP contribution in [0, 0.1) is 0 Å². The van der Waals surface area contributed by atoms with Gasteiger partial charge in [-0.2, -0.15) is 0 Å². The average Bonchev–Trinajstić information content (AvgIpc) is 2.26. The average molecular weight is 185 g/mol. The number of aryl methyl sites for hydroxylation is 2. The largest absolute Gasteiger partial charge is 0.244 e. The maximum atomic E-state index is 4.56. The van der Waals surface area contributed by atoms with Crippen molar-refractivity contribution in [1.82, 2.24) is 15.0 Å². The van der Waals surface area contributed by atoms with Crippen molar-refractivity contribution < 1.29 is 0 Å². The van der Waals surface area contributed by atoms with E-state index in [9.17, 15) is 0 Å². The van der Waals surface area contributed by atoms with Crippen LogP contribution in [0.25, 0.3) is 11.0 Å². The predicted molar refractivity (Wildman–Crippen MR) is 54.0 cm³/mol. The highest BCUT2D eigenvalue weighted by Crippen LogP contribution is 2.22. The summed E-state index contributed by atoms with van der Waals surface area (Å²) in [7, 11) is 0. The van der Waals surface area contributed by atoms with Gasteiger partial charge in [0.15, 0.2) is 5.65 Å². The van der Waals surface area contributed by atoms with E-state index in [1.54, 1.807) is 6.33 Å². The Morgan fingerprint density at radius 1 is 1.14 bits per heavy atom. The molecule has 3 heteroatoms.